The van der Waals surface area contributed by atoms with Crippen LogP contribution in [0.4, 0.5) is 0 Å². The van der Waals surface area contributed by atoms with E-state index in [1.54, 1.807) is 7.11 Å². The monoisotopic (exact) mass is 278 g/mol. The number of aliphatic hydroxyl groups excluding tert-OH is 1. The van der Waals surface area contributed by atoms with Crippen molar-refractivity contribution in [2.24, 2.45) is 0 Å². The zero-order valence-electron chi connectivity index (χ0n) is 12.1. The molecule has 0 saturated carbocycles. The van der Waals surface area contributed by atoms with Gasteiger partial charge in [0.05, 0.1) is 12.7 Å². The number of likely N-dealkylation sites (N-methyl/N-ethyl adjacent to an activating group) is 1. The maximum atomic E-state index is 9.63. The van der Waals surface area contributed by atoms with Gasteiger partial charge in [-0.2, -0.15) is 0 Å². The van der Waals surface area contributed by atoms with Crippen LogP contribution in [0.5, 0.6) is 0 Å². The van der Waals surface area contributed by atoms with Crippen LogP contribution in [0.2, 0.25) is 0 Å². The highest BCUT2D eigenvalue weighted by Gasteiger charge is 2.09. The number of fused-ring (bicyclic) bond motifs is 1. The van der Waals surface area contributed by atoms with Gasteiger partial charge in [-0.15, -0.1) is 0 Å². The standard InChI is InChI=1S/C15H22N2O3/c1-17(10-12(18)11-19-2)9-5-8-15-16-13-6-3-4-7-14(13)20-15/h3-4,6-7,12,18H,5,8-11H2,1-2H3. The predicted octanol–water partition coefficient (Wildman–Crippen LogP) is 1.70. The zero-order chi connectivity index (χ0) is 14.4. The van der Waals surface area contributed by atoms with Crippen LogP contribution in [0.25, 0.3) is 11.1 Å². The van der Waals surface area contributed by atoms with E-state index < -0.39 is 6.10 Å². The van der Waals surface area contributed by atoms with Crippen LogP contribution in [0.3, 0.4) is 0 Å². The second-order valence-electron chi connectivity index (χ2n) is 5.05. The lowest BCUT2D eigenvalue weighted by Gasteiger charge is -2.19. The van der Waals surface area contributed by atoms with E-state index >= 15 is 0 Å². The molecule has 1 atom stereocenters. The normalized spacial score (nSPS) is 13.2. The SMILES string of the molecule is COCC(O)CN(C)CCCc1nc2ccccc2o1. The molecular formula is C15H22N2O3. The maximum absolute atomic E-state index is 9.63. The summed E-state index contributed by atoms with van der Waals surface area (Å²) in [7, 11) is 3.58. The highest BCUT2D eigenvalue weighted by atomic mass is 16.5. The molecule has 0 amide bonds. The number of oxazole rings is 1. The molecule has 0 spiro atoms. The van der Waals surface area contributed by atoms with E-state index in [4.69, 9.17) is 9.15 Å². The van der Waals surface area contributed by atoms with Crippen LogP contribution in [0.15, 0.2) is 28.7 Å². The van der Waals surface area contributed by atoms with E-state index in [0.717, 1.165) is 36.4 Å². The second kappa shape index (κ2) is 7.38. The summed E-state index contributed by atoms with van der Waals surface area (Å²) in [6.07, 6.45) is 1.32. The number of methoxy groups -OCH3 is 1. The largest absolute Gasteiger partial charge is 0.441 e. The van der Waals surface area contributed by atoms with Crippen molar-refractivity contribution in [1.82, 2.24) is 9.88 Å². The van der Waals surface area contributed by atoms with Crippen LogP contribution < -0.4 is 0 Å². The number of hydrogen-bond acceptors (Lipinski definition) is 5. The van der Waals surface area contributed by atoms with Gasteiger partial charge in [-0.1, -0.05) is 12.1 Å². The van der Waals surface area contributed by atoms with E-state index in [-0.39, 0.29) is 0 Å². The number of benzene rings is 1. The lowest BCUT2D eigenvalue weighted by atomic mass is 10.2. The number of aliphatic hydroxyl groups is 1. The first-order chi connectivity index (χ1) is 9.69. The van der Waals surface area contributed by atoms with Gasteiger partial charge in [0, 0.05) is 20.1 Å². The fourth-order valence-corrected chi connectivity index (χ4v) is 2.22. The van der Waals surface area contributed by atoms with Crippen LogP contribution in [0.1, 0.15) is 12.3 Å². The average molecular weight is 278 g/mol. The van der Waals surface area contributed by atoms with Crippen molar-refractivity contribution in [2.75, 3.05) is 33.9 Å². The Labute approximate surface area is 119 Å². The minimum absolute atomic E-state index is 0.371. The Hall–Kier alpha value is -1.43. The topological polar surface area (TPSA) is 58.7 Å². The van der Waals surface area contributed by atoms with Gasteiger partial charge in [-0.3, -0.25) is 0 Å². The number of hydrogen-bond donors (Lipinski definition) is 1. The molecule has 0 fully saturated rings. The molecule has 1 unspecified atom stereocenters. The first kappa shape index (κ1) is 15.0. The Balaban J connectivity index is 1.75. The van der Waals surface area contributed by atoms with Crippen LogP contribution >= 0.6 is 0 Å². The maximum Gasteiger partial charge on any atom is 0.195 e. The Kier molecular flexibility index (Phi) is 5.52. The molecule has 0 radical (unpaired) electrons. The highest BCUT2D eigenvalue weighted by Crippen LogP contribution is 2.15. The number of nitrogens with zero attached hydrogens (tertiary/aromatic N) is 2. The summed E-state index contributed by atoms with van der Waals surface area (Å²) in [6.45, 7) is 1.87. The van der Waals surface area contributed by atoms with Gasteiger partial charge in [0.25, 0.3) is 0 Å². The number of aromatic nitrogens is 1. The third-order valence-corrected chi connectivity index (χ3v) is 3.15. The van der Waals surface area contributed by atoms with Gasteiger partial charge in [-0.05, 0) is 32.1 Å². The number of rotatable bonds is 8. The Morgan fingerprint density at radius 2 is 2.20 bits per heavy atom. The molecule has 2 rings (SSSR count). The molecule has 0 saturated heterocycles. The third-order valence-electron chi connectivity index (χ3n) is 3.15. The summed E-state index contributed by atoms with van der Waals surface area (Å²) in [5.74, 6) is 0.775. The molecule has 0 bridgehead atoms. The number of ether oxygens (including phenoxy) is 1. The quantitative estimate of drug-likeness (QED) is 0.796. The van der Waals surface area contributed by atoms with Crippen molar-refractivity contribution in [3.63, 3.8) is 0 Å². The van der Waals surface area contributed by atoms with E-state index in [0.29, 0.717) is 13.2 Å². The van der Waals surface area contributed by atoms with E-state index in [1.807, 2.05) is 31.3 Å². The van der Waals surface area contributed by atoms with Crippen molar-refractivity contribution in [1.29, 1.82) is 0 Å². The van der Waals surface area contributed by atoms with Gasteiger partial charge in [0.15, 0.2) is 11.5 Å². The molecule has 5 nitrogen and oxygen atoms in total. The van der Waals surface area contributed by atoms with Crippen molar-refractivity contribution in [3.05, 3.63) is 30.2 Å². The highest BCUT2D eigenvalue weighted by molar-refractivity contribution is 5.72. The van der Waals surface area contributed by atoms with Gasteiger partial charge in [0.2, 0.25) is 0 Å². The molecule has 1 aromatic heterocycles. The lowest BCUT2D eigenvalue weighted by molar-refractivity contribution is 0.0431. The molecule has 20 heavy (non-hydrogen) atoms. The van der Waals surface area contributed by atoms with Crippen molar-refractivity contribution < 1.29 is 14.3 Å². The van der Waals surface area contributed by atoms with Crippen molar-refractivity contribution in [3.8, 4) is 0 Å². The Morgan fingerprint density at radius 3 is 2.95 bits per heavy atom. The summed E-state index contributed by atoms with van der Waals surface area (Å²) in [4.78, 5) is 6.53. The molecule has 1 N–H and O–H groups in total. The average Bonchev–Trinajstić information content (AvgIpc) is 2.81. The van der Waals surface area contributed by atoms with Gasteiger partial charge >= 0.3 is 0 Å². The number of para-hydroxylation sites is 2. The molecule has 2 aromatic rings. The molecule has 0 aliphatic rings. The van der Waals surface area contributed by atoms with Gasteiger partial charge in [-0.25, -0.2) is 4.98 Å². The molecule has 110 valence electrons. The van der Waals surface area contributed by atoms with Crippen LogP contribution in [-0.4, -0.2) is 54.9 Å². The summed E-state index contributed by atoms with van der Waals surface area (Å²) < 4.78 is 10.6. The van der Waals surface area contributed by atoms with E-state index in [2.05, 4.69) is 9.88 Å². The summed E-state index contributed by atoms with van der Waals surface area (Å²) in [5, 5.41) is 9.63. The number of aryl methyl sites for hydroxylation is 1. The summed E-state index contributed by atoms with van der Waals surface area (Å²) in [6, 6.07) is 7.79. The molecule has 0 aliphatic carbocycles. The first-order valence-electron chi connectivity index (χ1n) is 6.89. The molecule has 1 aromatic carbocycles. The summed E-state index contributed by atoms with van der Waals surface area (Å²) in [5.41, 5.74) is 1.75. The molecule has 1 heterocycles. The van der Waals surface area contributed by atoms with Crippen molar-refractivity contribution >= 4 is 11.1 Å². The van der Waals surface area contributed by atoms with Gasteiger partial charge in [0.1, 0.15) is 5.52 Å². The minimum atomic E-state index is -0.436. The fourth-order valence-electron chi connectivity index (χ4n) is 2.22. The van der Waals surface area contributed by atoms with Crippen LogP contribution in [-0.2, 0) is 11.2 Å². The second-order valence-corrected chi connectivity index (χ2v) is 5.05. The van der Waals surface area contributed by atoms with E-state index in [1.165, 1.54) is 0 Å². The van der Waals surface area contributed by atoms with Gasteiger partial charge < -0.3 is 19.2 Å². The minimum Gasteiger partial charge on any atom is -0.441 e. The fraction of sp³-hybridized carbons (Fsp3) is 0.533. The first-order valence-corrected chi connectivity index (χ1v) is 6.89. The smallest absolute Gasteiger partial charge is 0.195 e. The van der Waals surface area contributed by atoms with E-state index in [9.17, 15) is 5.11 Å². The molecule has 5 heteroatoms. The van der Waals surface area contributed by atoms with Crippen molar-refractivity contribution in [2.45, 2.75) is 18.9 Å². The zero-order valence-corrected chi connectivity index (χ0v) is 12.1. The Bertz CT molecular complexity index is 494. The third kappa shape index (κ3) is 4.30. The summed E-state index contributed by atoms with van der Waals surface area (Å²) >= 11 is 0. The predicted molar refractivity (Wildman–Crippen MR) is 77.7 cm³/mol. The molecule has 0 aliphatic heterocycles. The molecular weight excluding hydrogens is 256 g/mol. The lowest BCUT2D eigenvalue weighted by Crippen LogP contribution is -2.32. The van der Waals surface area contributed by atoms with Crippen LogP contribution in [0, 0.1) is 0 Å². The Morgan fingerprint density at radius 1 is 1.40 bits per heavy atom.